The fourth-order valence-electron chi connectivity index (χ4n) is 7.54. The normalized spacial score (nSPS) is 23.1. The average molecular weight is 807 g/mol. The molecule has 7 atom stereocenters. The van der Waals surface area contributed by atoms with Gasteiger partial charge in [0.1, 0.15) is 23.9 Å². The Morgan fingerprint density at radius 1 is 1.05 bits per heavy atom. The number of carbonyl (C=O) groups is 6. The Morgan fingerprint density at radius 3 is 2.52 bits per heavy atom. The number of hydrogen-bond donors (Lipinski definition) is 8. The number of nitrogens with zero attached hydrogens (tertiary/aromatic N) is 2. The molecule has 2 bridgehead atoms. The van der Waals surface area contributed by atoms with Gasteiger partial charge in [-0.25, -0.2) is 4.98 Å². The number of benzene rings is 1. The van der Waals surface area contributed by atoms with Gasteiger partial charge in [0.25, 0.3) is 0 Å². The van der Waals surface area contributed by atoms with Crippen molar-refractivity contribution >= 4 is 35.4 Å². The Hall–Kier alpha value is -5.09. The highest BCUT2D eigenvalue weighted by molar-refractivity contribution is 5.97. The van der Waals surface area contributed by atoms with Gasteiger partial charge in [-0.3, -0.25) is 28.8 Å². The first kappa shape index (κ1) is 45.6. The van der Waals surface area contributed by atoms with Crippen LogP contribution < -0.4 is 27.0 Å². The number of rotatable bonds is 12. The number of ketones is 1. The Balaban J connectivity index is 1.68. The van der Waals surface area contributed by atoms with E-state index in [1.807, 2.05) is 32.9 Å². The number of Topliss-reactive ketones (excluding diaryl/α,β-unsaturated/α-hetero) is 1. The maximum Gasteiger partial charge on any atom is 0.306 e. The number of aliphatic carboxylic acids is 1. The number of aromatic nitrogens is 2. The highest BCUT2D eigenvalue weighted by Crippen LogP contribution is 2.24. The Kier molecular flexibility index (Phi) is 17.4. The van der Waals surface area contributed by atoms with Crippen molar-refractivity contribution in [2.24, 2.45) is 23.5 Å². The van der Waals surface area contributed by atoms with Gasteiger partial charge >= 0.3 is 5.97 Å². The number of hydrogen-bond acceptors (Lipinski definition) is 10. The van der Waals surface area contributed by atoms with Crippen LogP contribution in [0.15, 0.2) is 42.9 Å². The summed E-state index contributed by atoms with van der Waals surface area (Å²) in [5, 5.41) is 32.4. The topological polar surface area (TPSA) is 249 Å². The van der Waals surface area contributed by atoms with E-state index < -0.39 is 71.5 Å². The van der Waals surface area contributed by atoms with Gasteiger partial charge in [-0.2, -0.15) is 0 Å². The molecule has 2 aromatic rings. The number of H-pyrrole nitrogens is 1. The van der Waals surface area contributed by atoms with Gasteiger partial charge in [0.05, 0.1) is 24.3 Å². The predicted octanol–water partition coefficient (Wildman–Crippen LogP) is 1.91. The minimum absolute atomic E-state index is 0.0142. The highest BCUT2D eigenvalue weighted by atomic mass is 16.4. The van der Waals surface area contributed by atoms with Crippen molar-refractivity contribution in [3.8, 4) is 5.75 Å². The molecule has 4 amide bonds. The first-order valence-electron chi connectivity index (χ1n) is 20.5. The third kappa shape index (κ3) is 13.2. The van der Waals surface area contributed by atoms with Crippen LogP contribution in [-0.4, -0.2) is 110 Å². The lowest BCUT2D eigenvalue weighted by molar-refractivity contribution is -0.145. The third-order valence-electron chi connectivity index (χ3n) is 11.0. The van der Waals surface area contributed by atoms with Gasteiger partial charge in [0, 0.05) is 44.2 Å². The van der Waals surface area contributed by atoms with Gasteiger partial charge in [-0.05, 0) is 74.1 Å². The summed E-state index contributed by atoms with van der Waals surface area (Å²) >= 11 is 0. The van der Waals surface area contributed by atoms with E-state index in [1.54, 1.807) is 25.3 Å². The molecular formula is C42H62N8O8. The van der Waals surface area contributed by atoms with E-state index in [0.717, 1.165) is 0 Å². The Labute approximate surface area is 340 Å². The zero-order valence-electron chi connectivity index (χ0n) is 34.2. The highest BCUT2D eigenvalue weighted by Gasteiger charge is 2.40. The standard InChI is InChI=1S/C42H62N8O8/c1-5-26(4)37(36(52)21-29(42(57)58)18-25(2)3)49-39(54)32-20-27-13-14-35(51)28(19-27)10-6-7-15-44-16-8-11-31(43)38(53)48-33(22-30-23-45-24-46-30)41(56)50-17-9-12-34(50)40(55)47-32/h6-7,13-14,19,23-26,29,31-34,37,44,51H,5,8-12,15-18,20-22,43H2,1-4H3,(H,45,46)(H,47,55)(H,48,53)(H,49,54)(H,57,58)/t26?,29-,31+,32+,33+,34+,37+/m1/s1. The molecule has 318 valence electrons. The van der Waals surface area contributed by atoms with Gasteiger partial charge in [0.15, 0.2) is 5.78 Å². The van der Waals surface area contributed by atoms with Gasteiger partial charge in [-0.1, -0.05) is 58.4 Å². The largest absolute Gasteiger partial charge is 0.508 e. The lowest BCUT2D eigenvalue weighted by Crippen LogP contribution is -2.59. The fourth-order valence-corrected chi connectivity index (χ4v) is 7.54. The first-order chi connectivity index (χ1) is 27.7. The van der Waals surface area contributed by atoms with Crippen LogP contribution in [0.5, 0.6) is 5.75 Å². The third-order valence-corrected chi connectivity index (χ3v) is 11.0. The molecule has 4 rings (SSSR count). The number of nitrogens with one attached hydrogen (secondary N) is 5. The number of amides is 4. The number of phenolic OH excluding ortho intramolecular Hbond substituents is 1. The number of aromatic amines is 1. The van der Waals surface area contributed by atoms with Crippen molar-refractivity contribution in [3.63, 3.8) is 0 Å². The number of imidazole rings is 1. The van der Waals surface area contributed by atoms with Crippen molar-refractivity contribution in [2.45, 2.75) is 122 Å². The molecule has 1 aromatic heterocycles. The van der Waals surface area contributed by atoms with Gasteiger partial charge in [0.2, 0.25) is 23.6 Å². The molecule has 2 aliphatic rings. The predicted molar refractivity (Wildman–Crippen MR) is 217 cm³/mol. The molecule has 0 aliphatic carbocycles. The van der Waals surface area contributed by atoms with Crippen LogP contribution in [0.2, 0.25) is 0 Å². The molecule has 1 saturated heterocycles. The van der Waals surface area contributed by atoms with E-state index in [1.165, 1.54) is 17.3 Å². The molecule has 16 nitrogen and oxygen atoms in total. The fraction of sp³-hybridized carbons (Fsp3) is 0.595. The second-order valence-corrected chi connectivity index (χ2v) is 16.1. The minimum Gasteiger partial charge on any atom is -0.508 e. The molecule has 16 heteroatoms. The molecule has 1 aromatic carbocycles. The van der Waals surface area contributed by atoms with Crippen molar-refractivity contribution in [1.82, 2.24) is 36.1 Å². The molecule has 2 aliphatic heterocycles. The van der Waals surface area contributed by atoms with Crippen LogP contribution in [-0.2, 0) is 48.0 Å². The zero-order chi connectivity index (χ0) is 42.4. The molecule has 9 N–H and O–H groups in total. The van der Waals surface area contributed by atoms with Crippen LogP contribution in [0.3, 0.4) is 0 Å². The summed E-state index contributed by atoms with van der Waals surface area (Å²) in [5.41, 5.74) is 8.10. The van der Waals surface area contributed by atoms with E-state index >= 15 is 0 Å². The monoisotopic (exact) mass is 806 g/mol. The van der Waals surface area contributed by atoms with E-state index in [9.17, 15) is 39.0 Å². The van der Waals surface area contributed by atoms with E-state index in [-0.39, 0.29) is 43.4 Å². The molecule has 58 heavy (non-hydrogen) atoms. The Bertz CT molecular complexity index is 1750. The average Bonchev–Trinajstić information content (AvgIpc) is 3.90. The molecule has 0 radical (unpaired) electrons. The second kappa shape index (κ2) is 22.2. The number of carboxylic acids is 1. The number of allylic oxidation sites excluding steroid dienone is 1. The summed E-state index contributed by atoms with van der Waals surface area (Å²) in [7, 11) is 0. The van der Waals surface area contributed by atoms with Crippen molar-refractivity contribution in [2.75, 3.05) is 19.6 Å². The van der Waals surface area contributed by atoms with E-state index in [0.29, 0.717) is 74.9 Å². The van der Waals surface area contributed by atoms with Crippen LogP contribution >= 0.6 is 0 Å². The quantitative estimate of drug-likeness (QED) is 0.144. The van der Waals surface area contributed by atoms with Crippen LogP contribution in [0, 0.1) is 17.8 Å². The second-order valence-electron chi connectivity index (χ2n) is 16.1. The number of fused-ring (bicyclic) bond motifs is 3. The summed E-state index contributed by atoms with van der Waals surface area (Å²) in [6.45, 7) is 8.81. The van der Waals surface area contributed by atoms with Crippen LogP contribution in [0.4, 0.5) is 0 Å². The SMILES string of the molecule is CCC(C)[C@H](NC(=O)[C@@H]1Cc2ccc(O)c(c2)CC=CCNCCC[C@H](N)C(=O)N[C@@H](Cc2cnc[nH]2)C(=O)N2CCC[C@H]2C(=O)N1)C(=O)C[C@@H](CC(C)C)C(=O)O. The summed E-state index contributed by atoms with van der Waals surface area (Å²) in [5.74, 6) is -4.86. The molecule has 1 fully saturated rings. The number of phenols is 1. The van der Waals surface area contributed by atoms with Gasteiger partial charge < -0.3 is 47.1 Å². The van der Waals surface area contributed by atoms with E-state index in [4.69, 9.17) is 5.73 Å². The molecule has 3 heterocycles. The lowest BCUT2D eigenvalue weighted by atomic mass is 9.86. The molecular weight excluding hydrogens is 745 g/mol. The van der Waals surface area contributed by atoms with Crippen molar-refractivity contribution < 1.29 is 39.0 Å². The number of nitrogens with two attached hydrogens (primary N) is 1. The Morgan fingerprint density at radius 2 is 1.83 bits per heavy atom. The smallest absolute Gasteiger partial charge is 0.306 e. The van der Waals surface area contributed by atoms with Crippen LogP contribution in [0.1, 0.15) is 89.5 Å². The molecule has 1 unspecified atom stereocenters. The summed E-state index contributed by atoms with van der Waals surface area (Å²) < 4.78 is 0. The number of aromatic hydroxyl groups is 1. The van der Waals surface area contributed by atoms with E-state index in [2.05, 4.69) is 31.2 Å². The first-order valence-corrected chi connectivity index (χ1v) is 20.5. The van der Waals surface area contributed by atoms with Crippen molar-refractivity contribution in [3.05, 3.63) is 59.7 Å². The summed E-state index contributed by atoms with van der Waals surface area (Å²) in [6, 6.07) is -0.185. The van der Waals surface area contributed by atoms with Crippen LogP contribution in [0.25, 0.3) is 0 Å². The summed E-state index contributed by atoms with van der Waals surface area (Å²) in [4.78, 5) is 90.4. The van der Waals surface area contributed by atoms with Crippen molar-refractivity contribution in [1.29, 1.82) is 0 Å². The maximum atomic E-state index is 14.3. The summed E-state index contributed by atoms with van der Waals surface area (Å²) in [6.07, 6.45) is 9.63. The zero-order valence-corrected chi connectivity index (χ0v) is 34.2. The van der Waals surface area contributed by atoms with Gasteiger partial charge in [-0.15, -0.1) is 0 Å². The maximum absolute atomic E-state index is 14.3. The lowest BCUT2D eigenvalue weighted by Gasteiger charge is -2.31. The molecule has 0 saturated carbocycles. The molecule has 0 spiro atoms. The minimum atomic E-state index is -1.22. The number of carboxylic acid groups (broad SMARTS) is 1. The number of carbonyl (C=O) groups excluding carboxylic acids is 5.